The van der Waals surface area contributed by atoms with Crippen LogP contribution in [-0.2, 0) is 13.0 Å². The minimum Gasteiger partial charge on any atom is -0.497 e. The summed E-state index contributed by atoms with van der Waals surface area (Å²) in [6.07, 6.45) is 2.26. The Labute approximate surface area is 231 Å². The molecule has 2 aromatic heterocycles. The summed E-state index contributed by atoms with van der Waals surface area (Å²) in [5.74, 6) is 1.12. The van der Waals surface area contributed by atoms with Crippen LogP contribution in [0.1, 0.15) is 56.4 Å². The molecule has 1 N–H and O–H groups in total. The van der Waals surface area contributed by atoms with Gasteiger partial charge in [0.2, 0.25) is 0 Å². The minimum atomic E-state index is -0.200. The Morgan fingerprint density at radius 3 is 2.27 bits per heavy atom. The Balaban J connectivity index is 1.23. The van der Waals surface area contributed by atoms with Crippen LogP contribution < -0.4 is 15.0 Å². The van der Waals surface area contributed by atoms with Gasteiger partial charge in [-0.1, -0.05) is 12.1 Å². The summed E-state index contributed by atoms with van der Waals surface area (Å²) in [6, 6.07) is 16.1. The molecule has 4 aromatic rings. The van der Waals surface area contributed by atoms with E-state index < -0.39 is 0 Å². The number of hydrogen-bond acceptors (Lipinski definition) is 6. The van der Waals surface area contributed by atoms with Crippen molar-refractivity contribution in [2.24, 2.45) is 0 Å². The third-order valence-corrected chi connectivity index (χ3v) is 7.85. The second-order valence-electron chi connectivity index (χ2n) is 10.3. The van der Waals surface area contributed by atoms with Crippen LogP contribution in [0.3, 0.4) is 0 Å². The molecule has 1 fully saturated rings. The summed E-state index contributed by atoms with van der Waals surface area (Å²) < 4.78 is 12.0. The highest BCUT2D eigenvalue weighted by molar-refractivity contribution is 5.95. The molecule has 2 aromatic carbocycles. The first-order valence-corrected chi connectivity index (χ1v) is 13.4. The van der Waals surface area contributed by atoms with Gasteiger partial charge in [-0.05, 0) is 49.2 Å². The number of H-pyrrole nitrogens is 1. The lowest BCUT2D eigenvalue weighted by Crippen LogP contribution is -2.40. The number of fused-ring (bicyclic) bond motifs is 2. The quantitative estimate of drug-likeness (QED) is 0.416. The summed E-state index contributed by atoms with van der Waals surface area (Å²) in [4.78, 5) is 48.3. The summed E-state index contributed by atoms with van der Waals surface area (Å²) in [5.41, 5.74) is 3.59. The molecule has 4 heterocycles. The molecule has 0 saturated carbocycles. The van der Waals surface area contributed by atoms with E-state index in [0.717, 1.165) is 24.2 Å². The molecule has 2 aliphatic heterocycles. The van der Waals surface area contributed by atoms with Crippen LogP contribution in [0.5, 0.6) is 11.5 Å². The highest BCUT2D eigenvalue weighted by Gasteiger charge is 2.29. The monoisotopic (exact) mass is 541 g/mol. The molecule has 2 aliphatic rings. The zero-order valence-electron chi connectivity index (χ0n) is 22.6. The molecule has 0 unspecified atom stereocenters. The lowest BCUT2D eigenvalue weighted by atomic mass is 9.94. The molecule has 10 heteroatoms. The molecule has 206 valence electrons. The Hall–Kier alpha value is -4.60. The third kappa shape index (κ3) is 4.70. The van der Waals surface area contributed by atoms with Gasteiger partial charge in [0.05, 0.1) is 32.0 Å². The maximum Gasteiger partial charge on any atom is 0.277 e. The lowest BCUT2D eigenvalue weighted by Gasteiger charge is -2.32. The van der Waals surface area contributed by atoms with E-state index in [4.69, 9.17) is 14.5 Å². The number of carbonyl (C=O) groups is 2. The van der Waals surface area contributed by atoms with Gasteiger partial charge in [-0.2, -0.15) is 0 Å². The van der Waals surface area contributed by atoms with Crippen LogP contribution in [0, 0.1) is 0 Å². The molecular weight excluding hydrogens is 510 g/mol. The smallest absolute Gasteiger partial charge is 0.277 e. The fourth-order valence-corrected chi connectivity index (χ4v) is 5.68. The molecule has 1 atom stereocenters. The van der Waals surface area contributed by atoms with Crippen molar-refractivity contribution in [1.29, 1.82) is 0 Å². The van der Waals surface area contributed by atoms with Gasteiger partial charge in [-0.3, -0.25) is 19.5 Å². The number of nitrogens with zero attached hydrogens (tertiary/aromatic N) is 4. The number of likely N-dealkylation sites (tertiary alicyclic amines) is 1. The lowest BCUT2D eigenvalue weighted by molar-refractivity contribution is 0.0703. The first-order chi connectivity index (χ1) is 19.4. The molecule has 40 heavy (non-hydrogen) atoms. The highest BCUT2D eigenvalue weighted by atomic mass is 16.5. The molecule has 0 radical (unpaired) electrons. The molecule has 0 aliphatic carbocycles. The van der Waals surface area contributed by atoms with Gasteiger partial charge >= 0.3 is 0 Å². The van der Waals surface area contributed by atoms with E-state index >= 15 is 0 Å². The van der Waals surface area contributed by atoms with Crippen molar-refractivity contribution in [3.63, 3.8) is 0 Å². The van der Waals surface area contributed by atoms with Crippen LogP contribution in [0.25, 0.3) is 5.65 Å². The number of aromatic nitrogens is 3. The predicted octanol–water partition coefficient (Wildman–Crippen LogP) is 3.26. The van der Waals surface area contributed by atoms with Crippen LogP contribution >= 0.6 is 0 Å². The first kappa shape index (κ1) is 25.7. The summed E-state index contributed by atoms with van der Waals surface area (Å²) in [5, 5.41) is 3.26. The topological polar surface area (TPSA) is 109 Å². The van der Waals surface area contributed by atoms with Crippen LogP contribution in [0.2, 0.25) is 0 Å². The Bertz CT molecular complexity index is 1660. The molecule has 1 saturated heterocycles. The molecule has 6 rings (SSSR count). The average Bonchev–Trinajstić information content (AvgIpc) is 3.45. The van der Waals surface area contributed by atoms with Gasteiger partial charge in [0.15, 0.2) is 5.65 Å². The zero-order chi connectivity index (χ0) is 27.8. The van der Waals surface area contributed by atoms with E-state index in [1.807, 2.05) is 23.1 Å². The largest absolute Gasteiger partial charge is 0.497 e. The number of ether oxygens (including phenoxy) is 2. The van der Waals surface area contributed by atoms with E-state index in [1.165, 1.54) is 4.52 Å². The molecular formula is C30H31N5O5. The number of amides is 2. The number of piperidine rings is 1. The number of hydrogen-bond donors (Lipinski definition) is 1. The van der Waals surface area contributed by atoms with Gasteiger partial charge in [0, 0.05) is 54.9 Å². The van der Waals surface area contributed by atoms with E-state index in [2.05, 4.69) is 5.10 Å². The Morgan fingerprint density at radius 2 is 1.60 bits per heavy atom. The van der Waals surface area contributed by atoms with Crippen molar-refractivity contribution in [2.75, 3.05) is 33.9 Å². The van der Waals surface area contributed by atoms with Gasteiger partial charge in [-0.25, -0.2) is 9.50 Å². The molecule has 0 bridgehead atoms. The SMILES string of the molecule is COc1cccc(C(=O)N2CCc3nc4cc([C@@H]5CCCN(C(=O)c6cccc(OC)c6)C5)[nH]n4c(=O)c3C2)c1. The van der Waals surface area contributed by atoms with Gasteiger partial charge in [0.1, 0.15) is 11.5 Å². The number of rotatable bonds is 5. The van der Waals surface area contributed by atoms with E-state index in [9.17, 15) is 14.4 Å². The van der Waals surface area contributed by atoms with E-state index in [-0.39, 0.29) is 29.8 Å². The second-order valence-corrected chi connectivity index (χ2v) is 10.3. The number of aromatic amines is 1. The molecule has 0 spiro atoms. The zero-order valence-corrected chi connectivity index (χ0v) is 22.6. The van der Waals surface area contributed by atoms with Crippen molar-refractivity contribution < 1.29 is 19.1 Å². The Kier molecular flexibility index (Phi) is 6.75. The summed E-state index contributed by atoms with van der Waals surface area (Å²) in [7, 11) is 3.15. The van der Waals surface area contributed by atoms with Crippen molar-refractivity contribution in [2.45, 2.75) is 31.7 Å². The number of carbonyl (C=O) groups excluding carboxylic acids is 2. The maximum atomic E-state index is 13.5. The van der Waals surface area contributed by atoms with Crippen LogP contribution in [0.15, 0.2) is 59.4 Å². The van der Waals surface area contributed by atoms with Crippen molar-refractivity contribution in [3.05, 3.63) is 93.0 Å². The van der Waals surface area contributed by atoms with Crippen LogP contribution in [-0.4, -0.2) is 70.1 Å². The predicted molar refractivity (Wildman–Crippen MR) is 148 cm³/mol. The van der Waals surface area contributed by atoms with Crippen molar-refractivity contribution >= 4 is 17.5 Å². The standard InChI is InChI=1S/C30H31N5O5/c1-39-22-9-3-6-19(14-22)28(36)33-12-5-8-21(17-33)26-16-27-31-25-11-13-34(18-24(25)30(38)35(27)32-26)29(37)20-7-4-10-23(15-20)40-2/h3-4,6-7,9-10,14-16,21,32H,5,8,11-13,17-18H2,1-2H3/t21-/m1/s1. The normalized spacial score (nSPS) is 17.0. The molecule has 2 amide bonds. The van der Waals surface area contributed by atoms with Gasteiger partial charge in [-0.15, -0.1) is 0 Å². The number of benzene rings is 2. The average molecular weight is 542 g/mol. The highest BCUT2D eigenvalue weighted by Crippen LogP contribution is 2.28. The van der Waals surface area contributed by atoms with Gasteiger partial charge in [0.25, 0.3) is 17.4 Å². The second kappa shape index (κ2) is 10.5. The van der Waals surface area contributed by atoms with E-state index in [1.54, 1.807) is 55.5 Å². The molecule has 10 nitrogen and oxygen atoms in total. The number of nitrogens with one attached hydrogen (secondary N) is 1. The third-order valence-electron chi connectivity index (χ3n) is 7.85. The fraction of sp³-hybridized carbons (Fsp3) is 0.333. The van der Waals surface area contributed by atoms with Crippen molar-refractivity contribution in [3.8, 4) is 11.5 Å². The summed E-state index contributed by atoms with van der Waals surface area (Å²) in [6.45, 7) is 1.89. The number of methoxy groups -OCH3 is 2. The first-order valence-electron chi connectivity index (χ1n) is 13.4. The minimum absolute atomic E-state index is 0.0359. The van der Waals surface area contributed by atoms with Crippen LogP contribution in [0.4, 0.5) is 0 Å². The summed E-state index contributed by atoms with van der Waals surface area (Å²) >= 11 is 0. The fourth-order valence-electron chi connectivity index (χ4n) is 5.68. The van der Waals surface area contributed by atoms with Crippen molar-refractivity contribution in [1.82, 2.24) is 24.4 Å². The maximum absolute atomic E-state index is 13.5. The Morgan fingerprint density at radius 1 is 0.925 bits per heavy atom. The van der Waals surface area contributed by atoms with E-state index in [0.29, 0.717) is 59.9 Å². The van der Waals surface area contributed by atoms with Gasteiger partial charge < -0.3 is 19.3 Å².